The lowest BCUT2D eigenvalue weighted by Crippen LogP contribution is -2.22. The molecule has 0 aliphatic carbocycles. The zero-order valence-electron chi connectivity index (χ0n) is 16.7. The Balaban J connectivity index is 1.71. The van der Waals surface area contributed by atoms with Crippen LogP contribution in [0.5, 0.6) is 0 Å². The number of hydrogen-bond acceptors (Lipinski definition) is 6. The van der Waals surface area contributed by atoms with Crippen LogP contribution in [0.3, 0.4) is 0 Å². The van der Waals surface area contributed by atoms with Crippen LogP contribution in [0.4, 0.5) is 11.4 Å². The molecule has 0 saturated heterocycles. The van der Waals surface area contributed by atoms with E-state index >= 15 is 0 Å². The van der Waals surface area contributed by atoms with Crippen molar-refractivity contribution in [1.29, 1.82) is 0 Å². The van der Waals surface area contributed by atoms with Crippen LogP contribution in [0.15, 0.2) is 48.5 Å². The number of anilines is 1. The van der Waals surface area contributed by atoms with Crippen LogP contribution in [0, 0.1) is 30.9 Å². The molecule has 2 aromatic carbocycles. The van der Waals surface area contributed by atoms with Gasteiger partial charge in [0, 0.05) is 5.56 Å². The first-order chi connectivity index (χ1) is 14.3. The fourth-order valence-electron chi connectivity index (χ4n) is 3.09. The first-order valence-electron chi connectivity index (χ1n) is 9.12. The summed E-state index contributed by atoms with van der Waals surface area (Å²) in [6.07, 6.45) is 0. The van der Waals surface area contributed by atoms with Crippen LogP contribution in [0.25, 0.3) is 5.69 Å². The van der Waals surface area contributed by atoms with E-state index in [9.17, 15) is 19.7 Å². The minimum absolute atomic E-state index is 0.197. The van der Waals surface area contributed by atoms with Crippen LogP contribution >= 0.6 is 0 Å². The molecule has 30 heavy (non-hydrogen) atoms. The summed E-state index contributed by atoms with van der Waals surface area (Å²) in [4.78, 5) is 35.2. The Morgan fingerprint density at radius 3 is 2.47 bits per heavy atom. The summed E-state index contributed by atoms with van der Waals surface area (Å²) in [5, 5.41) is 18.4. The van der Waals surface area contributed by atoms with E-state index < -0.39 is 23.4 Å². The third kappa shape index (κ3) is 4.19. The first-order valence-corrected chi connectivity index (χ1v) is 9.12. The van der Waals surface area contributed by atoms with Crippen LogP contribution in [0.2, 0.25) is 0 Å². The molecule has 3 rings (SSSR count). The Kier molecular flexibility index (Phi) is 5.91. The molecule has 1 heterocycles. The standard InChI is InChI=1S/C21H20N4O5/c1-13-8-7-11-17(20(13)25(28)29)21(27)30-12-18(26)22-19-14(2)23-24(15(19)3)16-9-5-4-6-10-16/h4-11H,12H2,1-3H3,(H,22,26). The van der Waals surface area contributed by atoms with Gasteiger partial charge < -0.3 is 10.1 Å². The molecule has 0 bridgehead atoms. The van der Waals surface area contributed by atoms with E-state index in [1.165, 1.54) is 25.1 Å². The number of benzene rings is 2. The topological polar surface area (TPSA) is 116 Å². The number of esters is 1. The Labute approximate surface area is 172 Å². The van der Waals surface area contributed by atoms with E-state index in [0.717, 1.165) is 5.69 Å². The zero-order chi connectivity index (χ0) is 21.8. The lowest BCUT2D eigenvalue weighted by molar-refractivity contribution is -0.385. The molecule has 154 valence electrons. The normalized spacial score (nSPS) is 10.5. The highest BCUT2D eigenvalue weighted by atomic mass is 16.6. The molecule has 0 unspecified atom stereocenters. The lowest BCUT2D eigenvalue weighted by atomic mass is 10.1. The van der Waals surface area contributed by atoms with E-state index in [2.05, 4.69) is 10.4 Å². The lowest BCUT2D eigenvalue weighted by Gasteiger charge is -2.08. The molecular formula is C21H20N4O5. The highest BCUT2D eigenvalue weighted by molar-refractivity contribution is 5.98. The Morgan fingerprint density at radius 2 is 1.80 bits per heavy atom. The van der Waals surface area contributed by atoms with E-state index in [1.807, 2.05) is 37.3 Å². The van der Waals surface area contributed by atoms with Crippen LogP contribution in [0.1, 0.15) is 27.3 Å². The number of nitro groups is 1. The monoisotopic (exact) mass is 408 g/mol. The number of amides is 1. The van der Waals surface area contributed by atoms with Gasteiger partial charge in [-0.1, -0.05) is 30.3 Å². The number of aromatic nitrogens is 2. The fourth-order valence-corrected chi connectivity index (χ4v) is 3.09. The zero-order valence-corrected chi connectivity index (χ0v) is 16.7. The molecule has 0 saturated carbocycles. The predicted octanol–water partition coefficient (Wildman–Crippen LogP) is 3.50. The van der Waals surface area contributed by atoms with Crippen LogP contribution in [-0.4, -0.2) is 33.2 Å². The predicted molar refractivity (Wildman–Crippen MR) is 110 cm³/mol. The van der Waals surface area contributed by atoms with Crippen molar-refractivity contribution in [2.45, 2.75) is 20.8 Å². The Hall–Kier alpha value is -4.01. The van der Waals surface area contributed by atoms with Gasteiger partial charge in [-0.15, -0.1) is 0 Å². The third-order valence-electron chi connectivity index (χ3n) is 4.53. The summed E-state index contributed by atoms with van der Waals surface area (Å²) < 4.78 is 6.70. The highest BCUT2D eigenvalue weighted by Gasteiger charge is 2.24. The van der Waals surface area contributed by atoms with Crippen molar-refractivity contribution < 1.29 is 19.2 Å². The van der Waals surface area contributed by atoms with E-state index in [1.54, 1.807) is 11.6 Å². The van der Waals surface area contributed by atoms with Crippen LogP contribution < -0.4 is 5.32 Å². The molecule has 9 nitrogen and oxygen atoms in total. The average molecular weight is 408 g/mol. The molecule has 0 atom stereocenters. The van der Waals surface area contributed by atoms with Crippen LogP contribution in [-0.2, 0) is 9.53 Å². The SMILES string of the molecule is Cc1cccc(C(=O)OCC(=O)Nc2c(C)nn(-c3ccccc3)c2C)c1[N+](=O)[O-]. The molecule has 0 aliphatic rings. The molecule has 1 N–H and O–H groups in total. The quantitative estimate of drug-likeness (QED) is 0.379. The molecule has 3 aromatic rings. The minimum Gasteiger partial charge on any atom is -0.452 e. The molecule has 0 aliphatic heterocycles. The third-order valence-corrected chi connectivity index (χ3v) is 4.53. The number of nitrogens with zero attached hydrogens (tertiary/aromatic N) is 3. The largest absolute Gasteiger partial charge is 0.452 e. The molecule has 0 fully saturated rings. The summed E-state index contributed by atoms with van der Waals surface area (Å²) in [5.41, 5.74) is 2.48. The number of ether oxygens (including phenoxy) is 1. The van der Waals surface area contributed by atoms with Crippen molar-refractivity contribution >= 4 is 23.3 Å². The minimum atomic E-state index is -0.936. The van der Waals surface area contributed by atoms with Gasteiger partial charge in [0.15, 0.2) is 6.61 Å². The maximum atomic E-state index is 12.3. The number of nitro benzene ring substituents is 1. The van der Waals surface area contributed by atoms with Crippen molar-refractivity contribution in [3.8, 4) is 5.69 Å². The second-order valence-electron chi connectivity index (χ2n) is 6.65. The number of carbonyl (C=O) groups is 2. The second-order valence-corrected chi connectivity index (χ2v) is 6.65. The second kappa shape index (κ2) is 8.56. The smallest absolute Gasteiger partial charge is 0.345 e. The summed E-state index contributed by atoms with van der Waals surface area (Å²) >= 11 is 0. The number of nitrogens with one attached hydrogen (secondary N) is 1. The first kappa shape index (κ1) is 20.7. The summed E-state index contributed by atoms with van der Waals surface area (Å²) in [6.45, 7) is 4.51. The van der Waals surface area contributed by atoms with Crippen molar-refractivity contribution in [2.75, 3.05) is 11.9 Å². The van der Waals surface area contributed by atoms with Gasteiger partial charge >= 0.3 is 5.97 Å². The molecule has 0 radical (unpaired) electrons. The van der Waals surface area contributed by atoms with Crippen molar-refractivity contribution in [3.63, 3.8) is 0 Å². The highest BCUT2D eigenvalue weighted by Crippen LogP contribution is 2.24. The number of aryl methyl sites for hydroxylation is 2. The summed E-state index contributed by atoms with van der Waals surface area (Å²) in [6, 6.07) is 13.8. The van der Waals surface area contributed by atoms with Crippen molar-refractivity contribution in [3.05, 3.63) is 81.2 Å². The van der Waals surface area contributed by atoms with Gasteiger partial charge in [-0.2, -0.15) is 5.10 Å². The molecule has 1 aromatic heterocycles. The van der Waals surface area contributed by atoms with Crippen molar-refractivity contribution in [2.24, 2.45) is 0 Å². The molecule has 0 spiro atoms. The van der Waals surface area contributed by atoms with Gasteiger partial charge in [-0.3, -0.25) is 14.9 Å². The fraction of sp³-hybridized carbons (Fsp3) is 0.190. The van der Waals surface area contributed by atoms with Crippen molar-refractivity contribution in [1.82, 2.24) is 9.78 Å². The molecule has 9 heteroatoms. The van der Waals surface area contributed by atoms with Gasteiger partial charge in [0.1, 0.15) is 5.56 Å². The number of carbonyl (C=O) groups excluding carboxylic acids is 2. The van der Waals surface area contributed by atoms with Gasteiger partial charge in [0.25, 0.3) is 11.6 Å². The number of para-hydroxylation sites is 2. The number of rotatable bonds is 6. The van der Waals surface area contributed by atoms with Gasteiger partial charge in [-0.25, -0.2) is 9.48 Å². The summed E-state index contributed by atoms with van der Waals surface area (Å²) in [5.74, 6) is -1.51. The Morgan fingerprint density at radius 1 is 1.10 bits per heavy atom. The van der Waals surface area contributed by atoms with Gasteiger partial charge in [-0.05, 0) is 39.0 Å². The maximum Gasteiger partial charge on any atom is 0.345 e. The molecular weight excluding hydrogens is 388 g/mol. The van der Waals surface area contributed by atoms with Gasteiger partial charge in [0.2, 0.25) is 0 Å². The Bertz CT molecular complexity index is 1120. The van der Waals surface area contributed by atoms with E-state index in [0.29, 0.717) is 22.6 Å². The maximum absolute atomic E-state index is 12.3. The number of hydrogen-bond donors (Lipinski definition) is 1. The van der Waals surface area contributed by atoms with E-state index in [-0.39, 0.29) is 11.3 Å². The summed E-state index contributed by atoms with van der Waals surface area (Å²) in [7, 11) is 0. The van der Waals surface area contributed by atoms with Gasteiger partial charge in [0.05, 0.1) is 27.7 Å². The average Bonchev–Trinajstić information content (AvgIpc) is 3.00. The van der Waals surface area contributed by atoms with E-state index in [4.69, 9.17) is 4.74 Å². The molecule has 1 amide bonds.